The molecule has 3 nitrogen and oxygen atoms in total. The molecule has 0 aliphatic rings. The highest BCUT2D eigenvalue weighted by atomic mass is 32.2. The van der Waals surface area contributed by atoms with Gasteiger partial charge in [0.15, 0.2) is 19.9 Å². The van der Waals surface area contributed by atoms with Gasteiger partial charge in [-0.25, -0.2) is 4.79 Å². The molecule has 0 aliphatic heterocycles. The summed E-state index contributed by atoms with van der Waals surface area (Å²) in [6, 6.07) is 26.6. The number of hydrogen-bond donors (Lipinski definition) is 0. The van der Waals surface area contributed by atoms with Gasteiger partial charge in [0.05, 0.1) is 18.1 Å². The van der Waals surface area contributed by atoms with Crippen molar-refractivity contribution in [2.45, 2.75) is 19.4 Å². The fourth-order valence-electron chi connectivity index (χ4n) is 4.01. The number of esters is 1. The van der Waals surface area contributed by atoms with Crippen molar-refractivity contribution in [3.8, 4) is 16.7 Å². The molecule has 0 amide bonds. The van der Waals surface area contributed by atoms with Crippen LogP contribution in [0.4, 0.5) is 0 Å². The maximum absolute atomic E-state index is 12.9. The molecule has 0 spiro atoms. The van der Waals surface area contributed by atoms with Crippen LogP contribution in [0.1, 0.15) is 29.8 Å². The van der Waals surface area contributed by atoms with Crippen LogP contribution in [0.25, 0.3) is 25.1 Å². The van der Waals surface area contributed by atoms with Crippen molar-refractivity contribution in [1.29, 1.82) is 0 Å². The Labute approximate surface area is 189 Å². The first-order valence-electron chi connectivity index (χ1n) is 10.3. The van der Waals surface area contributed by atoms with Gasteiger partial charge < -0.3 is 9.15 Å². The molecule has 2 aromatic heterocycles. The zero-order chi connectivity index (χ0) is 22.1. The van der Waals surface area contributed by atoms with Crippen LogP contribution in [0.15, 0.2) is 95.8 Å². The lowest BCUT2D eigenvalue weighted by molar-refractivity contribution is 0.0127. The summed E-state index contributed by atoms with van der Waals surface area (Å²) in [5.74, 6) is 5.42. The molecule has 1 atom stereocenters. The van der Waals surface area contributed by atoms with Crippen LogP contribution >= 0.6 is 10.5 Å². The molecule has 5 aromatic rings. The third kappa shape index (κ3) is 3.37. The molecule has 156 valence electrons. The Morgan fingerprint density at radius 2 is 1.53 bits per heavy atom. The molecule has 1 unspecified atom stereocenters. The van der Waals surface area contributed by atoms with Crippen LogP contribution in [0.5, 0.6) is 0 Å². The Hall–Kier alpha value is -3.81. The largest absolute Gasteiger partial charge is 0.472 e. The predicted molar refractivity (Wildman–Crippen MR) is 130 cm³/mol. The van der Waals surface area contributed by atoms with Gasteiger partial charge >= 0.3 is 5.97 Å². The van der Waals surface area contributed by atoms with Crippen molar-refractivity contribution in [3.63, 3.8) is 0 Å². The lowest BCUT2D eigenvalue weighted by Gasteiger charge is -2.22. The number of carbonyl (C=O) groups excluding carboxylic acids is 1. The number of ether oxygens (including phenoxy) is 1. The van der Waals surface area contributed by atoms with E-state index in [2.05, 4.69) is 60.4 Å². The van der Waals surface area contributed by atoms with E-state index in [9.17, 15) is 4.79 Å². The number of carbonyl (C=O) groups is 1. The minimum Gasteiger partial charge on any atom is -0.472 e. The molecule has 3 aromatic carbocycles. The summed E-state index contributed by atoms with van der Waals surface area (Å²) in [7, 11) is -0.195. The van der Waals surface area contributed by atoms with Crippen molar-refractivity contribution in [2.24, 2.45) is 0 Å². The summed E-state index contributed by atoms with van der Waals surface area (Å²) >= 11 is 0. The van der Waals surface area contributed by atoms with E-state index >= 15 is 0 Å². The van der Waals surface area contributed by atoms with E-state index in [0.717, 1.165) is 0 Å². The van der Waals surface area contributed by atoms with Crippen LogP contribution in [0.3, 0.4) is 0 Å². The van der Waals surface area contributed by atoms with E-state index in [4.69, 9.17) is 9.15 Å². The number of fused-ring (bicyclic) bond motifs is 3. The summed E-state index contributed by atoms with van der Waals surface area (Å²) in [6.45, 7) is 3.49. The molecule has 0 saturated carbocycles. The second kappa shape index (κ2) is 8.03. The van der Waals surface area contributed by atoms with E-state index in [1.54, 1.807) is 32.4 Å². The van der Waals surface area contributed by atoms with E-state index in [-0.39, 0.29) is 10.5 Å². The fraction of sp³-hybridized carbons (Fsp3) is 0.107. The molecule has 4 heteroatoms. The zero-order valence-electron chi connectivity index (χ0n) is 17.8. The van der Waals surface area contributed by atoms with Crippen LogP contribution in [-0.2, 0) is 10.3 Å². The highest BCUT2D eigenvalue weighted by Gasteiger charge is 2.31. The highest BCUT2D eigenvalue weighted by Crippen LogP contribution is 2.48. The monoisotopic (exact) mass is 437 g/mol. The molecular formula is C28H21O3S+. The molecule has 32 heavy (non-hydrogen) atoms. The quantitative estimate of drug-likeness (QED) is 0.167. The van der Waals surface area contributed by atoms with Gasteiger partial charge in [0.1, 0.15) is 0 Å². The van der Waals surface area contributed by atoms with Gasteiger partial charge in [-0.2, -0.15) is 0 Å². The first-order chi connectivity index (χ1) is 15.6. The Kier molecular flexibility index (Phi) is 5.05. The van der Waals surface area contributed by atoms with Crippen LogP contribution in [0.2, 0.25) is 0 Å². The Bertz CT molecular complexity index is 1430. The average Bonchev–Trinajstić information content (AvgIpc) is 3.47. The Balaban J connectivity index is 1.51. The summed E-state index contributed by atoms with van der Waals surface area (Å²) in [5.41, 5.74) is 0.131. The van der Waals surface area contributed by atoms with Crippen LogP contribution < -0.4 is 0 Å². The first-order valence-corrected chi connectivity index (χ1v) is 11.6. The third-order valence-corrected chi connectivity index (χ3v) is 7.90. The van der Waals surface area contributed by atoms with Crippen LogP contribution in [0, 0.1) is 11.8 Å². The van der Waals surface area contributed by atoms with Gasteiger partial charge in [0, 0.05) is 26.8 Å². The van der Waals surface area contributed by atoms with E-state index in [1.165, 1.54) is 25.1 Å². The van der Waals surface area contributed by atoms with Gasteiger partial charge in [0.2, 0.25) is 0 Å². The Morgan fingerprint density at radius 3 is 2.09 bits per heavy atom. The van der Waals surface area contributed by atoms with Crippen molar-refractivity contribution >= 4 is 36.6 Å². The van der Waals surface area contributed by atoms with Crippen molar-refractivity contribution in [1.82, 2.24) is 0 Å². The van der Waals surface area contributed by atoms with Gasteiger partial charge in [-0.1, -0.05) is 30.2 Å². The molecule has 5 rings (SSSR count). The topological polar surface area (TPSA) is 39.4 Å². The van der Waals surface area contributed by atoms with Gasteiger partial charge in [-0.15, -0.1) is 5.92 Å². The maximum Gasteiger partial charge on any atom is 0.339 e. The Morgan fingerprint density at radius 1 is 0.906 bits per heavy atom. The van der Waals surface area contributed by atoms with Crippen molar-refractivity contribution in [2.75, 3.05) is 0 Å². The summed E-state index contributed by atoms with van der Waals surface area (Å²) in [5, 5.41) is 2.56. The zero-order valence-corrected chi connectivity index (χ0v) is 18.6. The molecule has 2 heterocycles. The molecule has 0 fully saturated rings. The SMILES string of the molecule is CC#CC(C)(OC(=O)c1ccc(-[s+]2c3ccccc3c3ccccc32)cc1)c1ccoc1. The minimum atomic E-state index is -1.07. The summed E-state index contributed by atoms with van der Waals surface area (Å²) in [4.78, 5) is 14.1. The molecule has 0 radical (unpaired) electrons. The smallest absolute Gasteiger partial charge is 0.339 e. The normalized spacial score (nSPS) is 12.8. The fourth-order valence-corrected chi connectivity index (χ4v) is 6.39. The lowest BCUT2D eigenvalue weighted by Crippen LogP contribution is -2.27. The molecule has 0 aliphatic carbocycles. The van der Waals surface area contributed by atoms with Gasteiger partial charge in [0.25, 0.3) is 0 Å². The lowest BCUT2D eigenvalue weighted by atomic mass is 9.99. The summed E-state index contributed by atoms with van der Waals surface area (Å²) in [6.07, 6.45) is 3.10. The molecule has 0 N–H and O–H groups in total. The number of benzene rings is 3. The van der Waals surface area contributed by atoms with E-state index in [1.807, 2.05) is 24.3 Å². The number of hydrogen-bond acceptors (Lipinski definition) is 3. The second-order valence-electron chi connectivity index (χ2n) is 7.63. The minimum absolute atomic E-state index is 0.195. The van der Waals surface area contributed by atoms with Crippen molar-refractivity contribution < 1.29 is 13.9 Å². The number of furan rings is 1. The van der Waals surface area contributed by atoms with Gasteiger partial charge in [-0.05, 0) is 68.4 Å². The second-order valence-corrected chi connectivity index (χ2v) is 9.60. The standard InChI is InChI=1S/C28H21O3S/c1-3-17-28(2,21-16-18-30-19-21)31-27(29)20-12-14-22(15-13-20)32-25-10-6-4-8-23(25)24-9-5-7-11-26(24)32/h4-16,18-19H,1-2H3/q+1. The maximum atomic E-state index is 12.9. The predicted octanol–water partition coefficient (Wildman–Crippen LogP) is 7.42. The number of thiophene rings is 1. The number of rotatable bonds is 4. The van der Waals surface area contributed by atoms with Crippen molar-refractivity contribution in [3.05, 3.63) is 103 Å². The summed E-state index contributed by atoms with van der Waals surface area (Å²) < 4.78 is 13.6. The highest BCUT2D eigenvalue weighted by molar-refractivity contribution is 7.50. The molecule has 0 bridgehead atoms. The van der Waals surface area contributed by atoms with Crippen LogP contribution in [-0.4, -0.2) is 5.97 Å². The van der Waals surface area contributed by atoms with E-state index < -0.39 is 11.6 Å². The third-order valence-electron chi connectivity index (χ3n) is 5.56. The molecule has 0 saturated heterocycles. The average molecular weight is 438 g/mol. The van der Waals surface area contributed by atoms with Gasteiger partial charge in [-0.3, -0.25) is 0 Å². The van der Waals surface area contributed by atoms with E-state index in [0.29, 0.717) is 11.1 Å². The molecular weight excluding hydrogens is 416 g/mol. The first kappa shape index (κ1) is 20.1.